The molecule has 3 rings (SSSR count). The van der Waals surface area contributed by atoms with Crippen LogP contribution in [0.3, 0.4) is 0 Å². The van der Waals surface area contributed by atoms with Gasteiger partial charge < -0.3 is 4.98 Å². The Bertz CT molecular complexity index is 614. The van der Waals surface area contributed by atoms with Crippen molar-refractivity contribution in [3.05, 3.63) is 35.0 Å². The fourth-order valence-electron chi connectivity index (χ4n) is 2.23. The number of benzene rings is 1. The molecule has 2 nitrogen and oxygen atoms in total. The predicted molar refractivity (Wildman–Crippen MR) is 68.2 cm³/mol. The van der Waals surface area contributed by atoms with Gasteiger partial charge in [-0.05, 0) is 18.9 Å². The van der Waals surface area contributed by atoms with Gasteiger partial charge in [-0.25, -0.2) is 0 Å². The summed E-state index contributed by atoms with van der Waals surface area (Å²) in [5.41, 5.74) is -0.285. The topological polar surface area (TPSA) is 27.8 Å². The average Bonchev–Trinajstić information content (AvgIpc) is 3.09. The number of para-hydroxylation sites is 1. The number of aromatic nitrogens is 1. The van der Waals surface area contributed by atoms with E-state index < -0.39 is 11.7 Å². The van der Waals surface area contributed by atoms with Gasteiger partial charge in [0.15, 0.2) is 0 Å². The van der Waals surface area contributed by atoms with Crippen molar-refractivity contribution in [2.45, 2.75) is 31.1 Å². The van der Waals surface area contributed by atoms with Gasteiger partial charge in [-0.2, -0.15) is 13.2 Å². The van der Waals surface area contributed by atoms with Crippen molar-refractivity contribution >= 4 is 22.5 Å². The van der Waals surface area contributed by atoms with Crippen molar-refractivity contribution in [2.75, 3.05) is 0 Å². The van der Waals surface area contributed by atoms with E-state index in [0.29, 0.717) is 10.7 Å². The Labute approximate surface area is 112 Å². The van der Waals surface area contributed by atoms with Gasteiger partial charge in [-0.15, -0.1) is 0 Å². The van der Waals surface area contributed by atoms with E-state index in [4.69, 9.17) is 11.6 Å². The van der Waals surface area contributed by atoms with Crippen LogP contribution >= 0.6 is 11.6 Å². The molecule has 1 fully saturated rings. The summed E-state index contributed by atoms with van der Waals surface area (Å²) in [6.45, 7) is 0.0903. The van der Waals surface area contributed by atoms with E-state index in [-0.39, 0.29) is 19.4 Å². The zero-order valence-corrected chi connectivity index (χ0v) is 10.7. The van der Waals surface area contributed by atoms with Crippen LogP contribution in [-0.2, 0) is 6.54 Å². The van der Waals surface area contributed by atoms with Gasteiger partial charge in [-0.1, -0.05) is 29.8 Å². The fourth-order valence-corrected chi connectivity index (χ4v) is 2.51. The fraction of sp³-hybridized carbons (Fsp3) is 0.385. The van der Waals surface area contributed by atoms with Gasteiger partial charge in [-0.3, -0.25) is 5.32 Å². The molecule has 1 heterocycles. The van der Waals surface area contributed by atoms with Gasteiger partial charge in [0.2, 0.25) is 0 Å². The summed E-state index contributed by atoms with van der Waals surface area (Å²) in [5.74, 6) is 0. The minimum atomic E-state index is -4.20. The molecule has 0 aliphatic heterocycles. The molecule has 1 saturated carbocycles. The maximum Gasteiger partial charge on any atom is 0.406 e. The van der Waals surface area contributed by atoms with Crippen molar-refractivity contribution in [3.63, 3.8) is 0 Å². The normalized spacial score (nSPS) is 17.9. The Morgan fingerprint density at radius 3 is 2.53 bits per heavy atom. The first-order chi connectivity index (χ1) is 8.93. The number of H-pyrrole nitrogens is 1. The van der Waals surface area contributed by atoms with Crippen molar-refractivity contribution in [2.24, 2.45) is 0 Å². The van der Waals surface area contributed by atoms with E-state index in [1.54, 1.807) is 0 Å². The maximum atomic E-state index is 12.8. The lowest BCUT2D eigenvalue weighted by Gasteiger charge is -2.20. The minimum Gasteiger partial charge on any atom is -0.356 e. The van der Waals surface area contributed by atoms with E-state index in [2.05, 4.69) is 10.3 Å². The summed E-state index contributed by atoms with van der Waals surface area (Å²) < 4.78 is 38.4. The second-order valence-electron chi connectivity index (χ2n) is 4.90. The van der Waals surface area contributed by atoms with Crippen LogP contribution in [0, 0.1) is 0 Å². The number of rotatable bonds is 3. The van der Waals surface area contributed by atoms with Gasteiger partial charge in [0.05, 0.1) is 5.02 Å². The van der Waals surface area contributed by atoms with Crippen molar-refractivity contribution in [3.8, 4) is 0 Å². The zero-order valence-electron chi connectivity index (χ0n) is 9.94. The summed E-state index contributed by atoms with van der Waals surface area (Å²) in [6, 6.07) is 7.39. The van der Waals surface area contributed by atoms with Gasteiger partial charge >= 0.3 is 6.18 Å². The highest BCUT2D eigenvalue weighted by molar-refractivity contribution is 6.36. The third-order valence-electron chi connectivity index (χ3n) is 3.61. The molecular weight excluding hydrogens is 277 g/mol. The summed E-state index contributed by atoms with van der Waals surface area (Å²) in [6.07, 6.45) is -3.94. The average molecular weight is 289 g/mol. The van der Waals surface area contributed by atoms with Crippen LogP contribution in [0.5, 0.6) is 0 Å². The highest BCUT2D eigenvalue weighted by Crippen LogP contribution is 2.49. The minimum absolute atomic E-state index is 0.0903. The Morgan fingerprint density at radius 2 is 1.95 bits per heavy atom. The second kappa shape index (κ2) is 4.15. The van der Waals surface area contributed by atoms with Gasteiger partial charge in [0.1, 0.15) is 5.54 Å². The SMILES string of the molecule is FC(F)(F)C1(NCc2[nH]c3ccccc3c2Cl)CC1. The Balaban J connectivity index is 1.81. The van der Waals surface area contributed by atoms with Crippen LogP contribution in [0.15, 0.2) is 24.3 Å². The number of hydrogen-bond acceptors (Lipinski definition) is 1. The molecule has 1 aliphatic rings. The smallest absolute Gasteiger partial charge is 0.356 e. The van der Waals surface area contributed by atoms with E-state index in [1.807, 2.05) is 24.3 Å². The third-order valence-corrected chi connectivity index (χ3v) is 4.04. The highest BCUT2D eigenvalue weighted by Gasteiger charge is 2.63. The summed E-state index contributed by atoms with van der Waals surface area (Å²) >= 11 is 6.17. The van der Waals surface area contributed by atoms with E-state index in [0.717, 1.165) is 10.9 Å². The first-order valence-corrected chi connectivity index (χ1v) is 6.38. The Kier molecular flexibility index (Phi) is 2.80. The number of nitrogens with one attached hydrogen (secondary N) is 2. The molecule has 1 aliphatic carbocycles. The van der Waals surface area contributed by atoms with E-state index >= 15 is 0 Å². The number of hydrogen-bond donors (Lipinski definition) is 2. The molecular formula is C13H12ClF3N2. The monoisotopic (exact) mass is 288 g/mol. The number of alkyl halides is 3. The van der Waals surface area contributed by atoms with Crippen LogP contribution in [0.25, 0.3) is 10.9 Å². The van der Waals surface area contributed by atoms with Crippen LogP contribution in [0.2, 0.25) is 5.02 Å². The van der Waals surface area contributed by atoms with Crippen molar-refractivity contribution in [1.82, 2.24) is 10.3 Å². The molecule has 0 radical (unpaired) electrons. The standard InChI is InChI=1S/C13H12ClF3N2/c14-11-8-3-1-2-4-9(8)19-10(11)7-18-12(5-6-12)13(15,16)17/h1-4,18-19H,5-7H2. The molecule has 19 heavy (non-hydrogen) atoms. The highest BCUT2D eigenvalue weighted by atomic mass is 35.5. The van der Waals surface area contributed by atoms with Gasteiger partial charge in [0, 0.05) is 23.1 Å². The van der Waals surface area contributed by atoms with Crippen molar-refractivity contribution in [1.29, 1.82) is 0 Å². The quantitative estimate of drug-likeness (QED) is 0.877. The third kappa shape index (κ3) is 2.11. The molecule has 6 heteroatoms. The number of halogens is 4. The molecule has 0 atom stereocenters. The van der Waals surface area contributed by atoms with Crippen molar-refractivity contribution < 1.29 is 13.2 Å². The van der Waals surface area contributed by atoms with Gasteiger partial charge in [0.25, 0.3) is 0 Å². The summed E-state index contributed by atoms with van der Waals surface area (Å²) in [4.78, 5) is 3.05. The Morgan fingerprint density at radius 1 is 1.26 bits per heavy atom. The Hall–Kier alpha value is -1.20. The summed E-state index contributed by atoms with van der Waals surface area (Å²) in [5, 5.41) is 3.91. The first kappa shape index (κ1) is 12.8. The van der Waals surface area contributed by atoms with Crippen LogP contribution in [0.1, 0.15) is 18.5 Å². The van der Waals surface area contributed by atoms with E-state index in [1.165, 1.54) is 0 Å². The van der Waals surface area contributed by atoms with Crippen LogP contribution in [-0.4, -0.2) is 16.7 Å². The molecule has 1 aromatic carbocycles. The first-order valence-electron chi connectivity index (χ1n) is 6.00. The lowest BCUT2D eigenvalue weighted by Crippen LogP contribution is -2.44. The molecule has 102 valence electrons. The molecule has 0 bridgehead atoms. The maximum absolute atomic E-state index is 12.8. The van der Waals surface area contributed by atoms with Crippen LogP contribution < -0.4 is 5.32 Å². The molecule has 1 aromatic heterocycles. The molecule has 0 spiro atoms. The second-order valence-corrected chi connectivity index (χ2v) is 5.27. The molecule has 0 amide bonds. The molecule has 0 saturated heterocycles. The summed E-state index contributed by atoms with van der Waals surface area (Å²) in [7, 11) is 0. The van der Waals surface area contributed by atoms with E-state index in [9.17, 15) is 13.2 Å². The molecule has 2 aromatic rings. The molecule has 2 N–H and O–H groups in total. The van der Waals surface area contributed by atoms with Crippen LogP contribution in [0.4, 0.5) is 13.2 Å². The molecule has 0 unspecified atom stereocenters. The lowest BCUT2D eigenvalue weighted by molar-refractivity contribution is -0.166. The zero-order chi connectivity index (χ0) is 13.7. The predicted octanol–water partition coefficient (Wildman–Crippen LogP) is 4.01. The largest absolute Gasteiger partial charge is 0.406 e. The lowest BCUT2D eigenvalue weighted by atomic mass is 10.2. The number of fused-ring (bicyclic) bond motifs is 1. The number of aromatic amines is 1.